The molecule has 0 fully saturated rings. The third-order valence-corrected chi connectivity index (χ3v) is 5.67. The van der Waals surface area contributed by atoms with Crippen LogP contribution in [0.15, 0.2) is 78.9 Å². The maximum Gasteiger partial charge on any atom is 0.119 e. The molecule has 0 spiro atoms. The Morgan fingerprint density at radius 3 is 2.31 bits per heavy atom. The highest BCUT2D eigenvalue weighted by molar-refractivity contribution is 5.85. The monoisotopic (exact) mass is 455 g/mol. The van der Waals surface area contributed by atoms with E-state index < -0.39 is 6.10 Å². The molecule has 4 nitrogen and oxygen atoms in total. The molecule has 2 atom stereocenters. The van der Waals surface area contributed by atoms with Gasteiger partial charge in [-0.15, -0.1) is 12.4 Å². The molecule has 0 amide bonds. The fraction of sp³-hybridized carbons (Fsp3) is 0.333. The maximum atomic E-state index is 10.2. The smallest absolute Gasteiger partial charge is 0.119 e. The van der Waals surface area contributed by atoms with E-state index in [0.29, 0.717) is 12.6 Å². The van der Waals surface area contributed by atoms with Crippen LogP contribution in [-0.4, -0.2) is 36.5 Å². The molecule has 4 rings (SSSR count). The van der Waals surface area contributed by atoms with Gasteiger partial charge in [-0.3, -0.25) is 0 Å². The summed E-state index contributed by atoms with van der Waals surface area (Å²) in [6, 6.07) is 26.5. The van der Waals surface area contributed by atoms with E-state index >= 15 is 0 Å². The summed E-state index contributed by atoms with van der Waals surface area (Å²) in [6.45, 7) is 0.831. The largest absolute Gasteiger partial charge is 0.497 e. The summed E-state index contributed by atoms with van der Waals surface area (Å²) in [6.07, 6.45) is 3.50. The van der Waals surface area contributed by atoms with Crippen molar-refractivity contribution in [1.82, 2.24) is 5.32 Å². The second-order valence-electron chi connectivity index (χ2n) is 7.87. The van der Waals surface area contributed by atoms with Crippen molar-refractivity contribution in [2.75, 3.05) is 20.3 Å². The number of aliphatic hydroxyl groups excluding tert-OH is 2. The molecule has 0 radical (unpaired) electrons. The van der Waals surface area contributed by atoms with Gasteiger partial charge in [0.25, 0.3) is 0 Å². The van der Waals surface area contributed by atoms with E-state index in [0.717, 1.165) is 37.0 Å². The molecule has 1 aliphatic carbocycles. The number of ether oxygens (including phenoxy) is 1. The van der Waals surface area contributed by atoms with Gasteiger partial charge in [-0.05, 0) is 60.1 Å². The van der Waals surface area contributed by atoms with Gasteiger partial charge >= 0.3 is 0 Å². The Kier molecular flexibility index (Phi) is 11.3. The number of hydrogen-bond acceptors (Lipinski definition) is 4. The van der Waals surface area contributed by atoms with E-state index in [4.69, 9.17) is 9.84 Å². The minimum atomic E-state index is -0.451. The van der Waals surface area contributed by atoms with Gasteiger partial charge in [0.15, 0.2) is 0 Å². The van der Waals surface area contributed by atoms with Crippen LogP contribution in [-0.2, 0) is 19.3 Å². The van der Waals surface area contributed by atoms with Crippen LogP contribution in [0, 0.1) is 0 Å². The zero-order valence-corrected chi connectivity index (χ0v) is 19.4. The van der Waals surface area contributed by atoms with Crippen LogP contribution in [0.2, 0.25) is 0 Å². The Labute approximate surface area is 197 Å². The predicted molar refractivity (Wildman–Crippen MR) is 133 cm³/mol. The molecular formula is C27H34ClNO3. The molecule has 0 heterocycles. The minimum absolute atomic E-state index is 0. The zero-order chi connectivity index (χ0) is 21.9. The first-order chi connectivity index (χ1) is 15.2. The van der Waals surface area contributed by atoms with E-state index in [-0.39, 0.29) is 19.0 Å². The van der Waals surface area contributed by atoms with E-state index in [1.807, 2.05) is 66.7 Å². The topological polar surface area (TPSA) is 61.7 Å². The Morgan fingerprint density at radius 2 is 1.66 bits per heavy atom. The predicted octanol–water partition coefficient (Wildman–Crippen LogP) is 4.52. The van der Waals surface area contributed by atoms with Crippen LogP contribution in [0.25, 0.3) is 0 Å². The Balaban J connectivity index is 0.000000307. The molecule has 3 aromatic carbocycles. The lowest BCUT2D eigenvalue weighted by molar-refractivity contribution is 0.168. The standard InChI is InChI=1S/C19H23NO2.C8H10O.ClH/c1-22-18-10-8-14-7-9-17(11-16(14)12-18)20-13-19(21)15-5-3-2-4-6-15;9-7-6-8-4-2-1-3-5-8;/h2-6,8,10,12,17,19-21H,7,9,11,13H2,1H3;1-5,9H,6-7H2;1H/t17?,19-;;/m1../s1. The van der Waals surface area contributed by atoms with E-state index in [9.17, 15) is 5.11 Å². The summed E-state index contributed by atoms with van der Waals surface area (Å²) in [4.78, 5) is 0. The summed E-state index contributed by atoms with van der Waals surface area (Å²) in [5.41, 5.74) is 4.94. The molecule has 0 aromatic heterocycles. The molecule has 0 aliphatic heterocycles. The summed E-state index contributed by atoms with van der Waals surface area (Å²) < 4.78 is 5.31. The highest BCUT2D eigenvalue weighted by Crippen LogP contribution is 2.26. The third-order valence-electron chi connectivity index (χ3n) is 5.67. The number of aliphatic hydroxyl groups is 2. The number of methoxy groups -OCH3 is 1. The first-order valence-electron chi connectivity index (χ1n) is 11.0. The molecule has 1 aliphatic rings. The number of nitrogens with one attached hydrogen (secondary N) is 1. The number of aryl methyl sites for hydroxylation is 1. The summed E-state index contributed by atoms with van der Waals surface area (Å²) in [5.74, 6) is 0.920. The number of rotatable bonds is 7. The zero-order valence-electron chi connectivity index (χ0n) is 18.6. The quantitative estimate of drug-likeness (QED) is 0.490. The lowest BCUT2D eigenvalue weighted by atomic mass is 9.88. The van der Waals surface area contributed by atoms with Crippen molar-refractivity contribution in [2.45, 2.75) is 37.8 Å². The maximum absolute atomic E-state index is 10.2. The van der Waals surface area contributed by atoms with Gasteiger partial charge in [-0.1, -0.05) is 66.7 Å². The fourth-order valence-corrected chi connectivity index (χ4v) is 3.88. The van der Waals surface area contributed by atoms with E-state index in [2.05, 4.69) is 17.4 Å². The van der Waals surface area contributed by atoms with E-state index in [1.165, 1.54) is 16.7 Å². The Morgan fingerprint density at radius 1 is 0.969 bits per heavy atom. The average molecular weight is 456 g/mol. The first-order valence-corrected chi connectivity index (χ1v) is 11.0. The molecule has 3 N–H and O–H groups in total. The molecule has 172 valence electrons. The lowest BCUT2D eigenvalue weighted by Gasteiger charge is -2.27. The van der Waals surface area contributed by atoms with Crippen LogP contribution in [0.3, 0.4) is 0 Å². The molecule has 1 unspecified atom stereocenters. The second kappa shape index (κ2) is 13.9. The van der Waals surface area contributed by atoms with Gasteiger partial charge in [0.05, 0.1) is 13.2 Å². The minimum Gasteiger partial charge on any atom is -0.497 e. The molecule has 32 heavy (non-hydrogen) atoms. The SMILES string of the molecule is COc1ccc2c(c1)CC(NC[C@@H](O)c1ccccc1)CC2.Cl.OCCc1ccccc1. The number of halogens is 1. The number of fused-ring (bicyclic) bond motifs is 1. The highest BCUT2D eigenvalue weighted by Gasteiger charge is 2.19. The van der Waals surface area contributed by atoms with Gasteiger partial charge in [-0.2, -0.15) is 0 Å². The van der Waals surface area contributed by atoms with Crippen LogP contribution >= 0.6 is 12.4 Å². The van der Waals surface area contributed by atoms with Gasteiger partial charge in [-0.25, -0.2) is 0 Å². The first kappa shape index (κ1) is 25.9. The van der Waals surface area contributed by atoms with Crippen molar-refractivity contribution in [2.24, 2.45) is 0 Å². The van der Waals surface area contributed by atoms with Crippen LogP contribution in [0.5, 0.6) is 5.75 Å². The van der Waals surface area contributed by atoms with Crippen molar-refractivity contribution in [3.63, 3.8) is 0 Å². The van der Waals surface area contributed by atoms with E-state index in [1.54, 1.807) is 7.11 Å². The molecule has 5 heteroatoms. The van der Waals surface area contributed by atoms with Crippen molar-refractivity contribution < 1.29 is 14.9 Å². The van der Waals surface area contributed by atoms with Crippen LogP contribution < -0.4 is 10.1 Å². The van der Waals surface area contributed by atoms with Crippen molar-refractivity contribution in [1.29, 1.82) is 0 Å². The second-order valence-corrected chi connectivity index (χ2v) is 7.87. The molecule has 0 bridgehead atoms. The van der Waals surface area contributed by atoms with Gasteiger partial charge in [0, 0.05) is 19.2 Å². The summed E-state index contributed by atoms with van der Waals surface area (Å²) >= 11 is 0. The van der Waals surface area contributed by atoms with Gasteiger partial charge in [0.1, 0.15) is 5.75 Å². The summed E-state index contributed by atoms with van der Waals surface area (Å²) in [5, 5.41) is 22.3. The molecule has 3 aromatic rings. The van der Waals surface area contributed by atoms with Crippen molar-refractivity contribution >= 4 is 12.4 Å². The fourth-order valence-electron chi connectivity index (χ4n) is 3.88. The third kappa shape index (κ3) is 7.95. The number of benzene rings is 3. The summed E-state index contributed by atoms with van der Waals surface area (Å²) in [7, 11) is 1.70. The van der Waals surface area contributed by atoms with Crippen molar-refractivity contribution in [3.8, 4) is 5.75 Å². The Bertz CT molecular complexity index is 905. The van der Waals surface area contributed by atoms with Gasteiger partial charge in [0.2, 0.25) is 0 Å². The Hall–Kier alpha value is -2.37. The molecule has 0 saturated carbocycles. The van der Waals surface area contributed by atoms with Gasteiger partial charge < -0.3 is 20.3 Å². The molecular weight excluding hydrogens is 422 g/mol. The normalized spacial score (nSPS) is 15.4. The van der Waals surface area contributed by atoms with Crippen LogP contribution in [0.1, 0.15) is 34.8 Å². The lowest BCUT2D eigenvalue weighted by Crippen LogP contribution is -2.37. The number of hydrogen-bond donors (Lipinski definition) is 3. The highest BCUT2D eigenvalue weighted by atomic mass is 35.5. The molecule has 0 saturated heterocycles. The average Bonchev–Trinajstić information content (AvgIpc) is 2.84. The van der Waals surface area contributed by atoms with Crippen molar-refractivity contribution in [3.05, 3.63) is 101 Å². The van der Waals surface area contributed by atoms with Crippen LogP contribution in [0.4, 0.5) is 0 Å².